The van der Waals surface area contributed by atoms with E-state index in [4.69, 9.17) is 4.74 Å². The molecule has 0 amide bonds. The molecule has 3 aromatic heterocycles. The zero-order valence-corrected chi connectivity index (χ0v) is 14.8. The molecule has 0 aliphatic carbocycles. The van der Waals surface area contributed by atoms with Crippen molar-refractivity contribution in [1.82, 2.24) is 14.5 Å². The van der Waals surface area contributed by atoms with Gasteiger partial charge in [-0.15, -0.1) is 0 Å². The number of carbonyl (C=O) groups excluding carboxylic acids is 1. The van der Waals surface area contributed by atoms with Crippen LogP contribution in [0.25, 0.3) is 11.0 Å². The summed E-state index contributed by atoms with van der Waals surface area (Å²) in [5.41, 5.74) is -0.0610. The van der Waals surface area contributed by atoms with Crippen LogP contribution in [-0.4, -0.2) is 30.6 Å². The fourth-order valence-corrected chi connectivity index (χ4v) is 2.65. The van der Waals surface area contributed by atoms with Crippen LogP contribution in [0.5, 0.6) is 5.75 Å². The van der Waals surface area contributed by atoms with E-state index in [9.17, 15) is 14.7 Å². The first-order valence-electron chi connectivity index (χ1n) is 7.43. The molecule has 128 valence electrons. The standard InChI is InChI=1S/C17H14BrN3O4/c1-10(18)25-17(24)13-14(22)12-5-3-7-20-15(12)21(16(13)23)9-11-4-2-6-19-8-11/h2-8,10,22H,9H2,1H3. The molecule has 7 nitrogen and oxygen atoms in total. The molecule has 0 aliphatic heterocycles. The van der Waals surface area contributed by atoms with E-state index in [1.165, 1.54) is 10.8 Å². The Bertz CT molecular complexity index is 986. The SMILES string of the molecule is CC(Br)OC(=O)c1c(O)c2cccnc2n(Cc2cccnc2)c1=O. The second-order valence-electron chi connectivity index (χ2n) is 5.30. The van der Waals surface area contributed by atoms with Crippen molar-refractivity contribution in [2.75, 3.05) is 0 Å². The topological polar surface area (TPSA) is 94.3 Å². The molecule has 0 radical (unpaired) electrons. The maximum Gasteiger partial charge on any atom is 0.348 e. The predicted octanol–water partition coefficient (Wildman–Crippen LogP) is 2.44. The molecule has 0 aromatic carbocycles. The molecule has 25 heavy (non-hydrogen) atoms. The first-order valence-corrected chi connectivity index (χ1v) is 8.35. The third-order valence-electron chi connectivity index (χ3n) is 3.53. The summed E-state index contributed by atoms with van der Waals surface area (Å²) in [6, 6.07) is 6.76. The maximum atomic E-state index is 12.9. The number of aromatic nitrogens is 3. The quantitative estimate of drug-likeness (QED) is 0.530. The molecule has 0 aliphatic rings. The van der Waals surface area contributed by atoms with Crippen LogP contribution < -0.4 is 5.56 Å². The highest BCUT2D eigenvalue weighted by Crippen LogP contribution is 2.26. The predicted molar refractivity (Wildman–Crippen MR) is 94.8 cm³/mol. The number of rotatable bonds is 4. The molecule has 0 saturated heterocycles. The molecule has 3 rings (SSSR count). The van der Waals surface area contributed by atoms with Crippen LogP contribution in [0.15, 0.2) is 47.7 Å². The third kappa shape index (κ3) is 3.39. The second-order valence-corrected chi connectivity index (χ2v) is 6.59. The van der Waals surface area contributed by atoms with Crippen LogP contribution in [0.2, 0.25) is 0 Å². The van der Waals surface area contributed by atoms with Gasteiger partial charge in [-0.25, -0.2) is 9.78 Å². The van der Waals surface area contributed by atoms with Gasteiger partial charge in [-0.1, -0.05) is 6.07 Å². The van der Waals surface area contributed by atoms with Crippen LogP contribution in [-0.2, 0) is 11.3 Å². The summed E-state index contributed by atoms with van der Waals surface area (Å²) in [4.78, 5) is 33.3. The van der Waals surface area contributed by atoms with E-state index in [0.717, 1.165) is 5.56 Å². The second kappa shape index (κ2) is 7.02. The number of alkyl halides is 1. The summed E-state index contributed by atoms with van der Waals surface area (Å²) < 4.78 is 6.34. The molecular weight excluding hydrogens is 390 g/mol. The fourth-order valence-electron chi connectivity index (χ4n) is 2.48. The lowest BCUT2D eigenvalue weighted by Gasteiger charge is -2.14. The molecule has 0 spiro atoms. The molecule has 0 fully saturated rings. The highest BCUT2D eigenvalue weighted by Gasteiger charge is 2.25. The number of halogens is 1. The van der Waals surface area contributed by atoms with Crippen molar-refractivity contribution in [2.45, 2.75) is 18.5 Å². The minimum atomic E-state index is -0.905. The number of aromatic hydroxyl groups is 1. The summed E-state index contributed by atoms with van der Waals surface area (Å²) >= 11 is 3.09. The maximum absolute atomic E-state index is 12.9. The van der Waals surface area contributed by atoms with Crippen LogP contribution in [0.1, 0.15) is 22.8 Å². The van der Waals surface area contributed by atoms with E-state index in [0.29, 0.717) is 5.39 Å². The number of hydrogen-bond donors (Lipinski definition) is 1. The first kappa shape index (κ1) is 17.1. The molecule has 0 saturated carbocycles. The molecule has 0 bridgehead atoms. The Kier molecular flexibility index (Phi) is 4.80. The Labute approximate surface area is 151 Å². The first-order chi connectivity index (χ1) is 12.0. The molecule has 1 unspecified atom stereocenters. The van der Waals surface area contributed by atoms with Gasteiger partial charge in [0.2, 0.25) is 0 Å². The minimum Gasteiger partial charge on any atom is -0.506 e. The van der Waals surface area contributed by atoms with Gasteiger partial charge in [0.25, 0.3) is 5.56 Å². The molecule has 1 atom stereocenters. The van der Waals surface area contributed by atoms with Crippen LogP contribution in [0, 0.1) is 0 Å². The van der Waals surface area contributed by atoms with Crippen molar-refractivity contribution in [1.29, 1.82) is 0 Å². The highest BCUT2D eigenvalue weighted by atomic mass is 79.9. The number of esters is 1. The zero-order chi connectivity index (χ0) is 18.0. The monoisotopic (exact) mass is 403 g/mol. The van der Waals surface area contributed by atoms with Gasteiger partial charge >= 0.3 is 5.97 Å². The smallest absolute Gasteiger partial charge is 0.348 e. The van der Waals surface area contributed by atoms with E-state index in [-0.39, 0.29) is 12.2 Å². The Morgan fingerprint density at radius 2 is 2.12 bits per heavy atom. The van der Waals surface area contributed by atoms with Gasteiger partial charge in [0.05, 0.1) is 11.9 Å². The van der Waals surface area contributed by atoms with Gasteiger partial charge < -0.3 is 9.84 Å². The molecule has 3 heterocycles. The van der Waals surface area contributed by atoms with E-state index in [1.807, 2.05) is 0 Å². The van der Waals surface area contributed by atoms with Gasteiger partial charge in [-0.3, -0.25) is 14.3 Å². The molecule has 8 heteroatoms. The summed E-state index contributed by atoms with van der Waals surface area (Å²) in [7, 11) is 0. The van der Waals surface area contributed by atoms with E-state index < -0.39 is 27.9 Å². The Morgan fingerprint density at radius 1 is 1.36 bits per heavy atom. The normalized spacial score (nSPS) is 12.1. The molecule has 1 N–H and O–H groups in total. The zero-order valence-electron chi connectivity index (χ0n) is 13.2. The Hall–Kier alpha value is -2.74. The fraction of sp³-hybridized carbons (Fsp3) is 0.176. The number of ether oxygens (including phenoxy) is 1. The van der Waals surface area contributed by atoms with Gasteiger partial charge in [-0.05, 0) is 46.6 Å². The Balaban J connectivity index is 2.24. The minimum absolute atomic E-state index is 0.157. The van der Waals surface area contributed by atoms with Gasteiger partial charge in [0.1, 0.15) is 11.4 Å². The highest BCUT2D eigenvalue weighted by molar-refractivity contribution is 9.09. The van der Waals surface area contributed by atoms with E-state index in [2.05, 4.69) is 25.9 Å². The third-order valence-corrected chi connectivity index (χ3v) is 3.72. The van der Waals surface area contributed by atoms with Crippen LogP contribution in [0.3, 0.4) is 0 Å². The number of pyridine rings is 3. The Morgan fingerprint density at radius 3 is 2.80 bits per heavy atom. The van der Waals surface area contributed by atoms with Crippen molar-refractivity contribution in [2.24, 2.45) is 0 Å². The lowest BCUT2D eigenvalue weighted by Crippen LogP contribution is -2.29. The van der Waals surface area contributed by atoms with Gasteiger partial charge in [0, 0.05) is 18.6 Å². The van der Waals surface area contributed by atoms with Crippen molar-refractivity contribution in [3.05, 3.63) is 64.3 Å². The number of fused-ring (bicyclic) bond motifs is 1. The molecular formula is C17H14BrN3O4. The van der Waals surface area contributed by atoms with Gasteiger partial charge in [-0.2, -0.15) is 0 Å². The van der Waals surface area contributed by atoms with Crippen LogP contribution >= 0.6 is 15.9 Å². The van der Waals surface area contributed by atoms with Crippen molar-refractivity contribution >= 4 is 32.9 Å². The van der Waals surface area contributed by atoms with E-state index >= 15 is 0 Å². The van der Waals surface area contributed by atoms with Gasteiger partial charge in [0.15, 0.2) is 10.6 Å². The molecule has 3 aromatic rings. The number of hydrogen-bond acceptors (Lipinski definition) is 6. The van der Waals surface area contributed by atoms with Crippen molar-refractivity contribution in [3.63, 3.8) is 0 Å². The van der Waals surface area contributed by atoms with Crippen LogP contribution in [0.4, 0.5) is 0 Å². The van der Waals surface area contributed by atoms with Crippen molar-refractivity contribution < 1.29 is 14.6 Å². The summed E-state index contributed by atoms with van der Waals surface area (Å²) in [6.07, 6.45) is 4.76. The summed E-state index contributed by atoms with van der Waals surface area (Å²) in [5.74, 6) is -1.34. The average molecular weight is 404 g/mol. The summed E-state index contributed by atoms with van der Waals surface area (Å²) in [5, 5.41) is 10.1. The van der Waals surface area contributed by atoms with E-state index in [1.54, 1.807) is 43.6 Å². The average Bonchev–Trinajstić information content (AvgIpc) is 2.59. The number of carbonyl (C=O) groups is 1. The lowest BCUT2D eigenvalue weighted by atomic mass is 10.1. The largest absolute Gasteiger partial charge is 0.506 e. The van der Waals surface area contributed by atoms with Crippen molar-refractivity contribution in [3.8, 4) is 5.75 Å². The number of nitrogens with zero attached hydrogens (tertiary/aromatic N) is 3. The lowest BCUT2D eigenvalue weighted by molar-refractivity contribution is 0.0485. The summed E-state index contributed by atoms with van der Waals surface area (Å²) in [6.45, 7) is 1.75.